The highest BCUT2D eigenvalue weighted by atomic mass is 19.3. The number of nitrogens with zero attached hydrogens (tertiary/aromatic N) is 2. The van der Waals surface area contributed by atoms with Gasteiger partial charge in [-0.05, 0) is 50.7 Å². The highest BCUT2D eigenvalue weighted by molar-refractivity contribution is 5.27. The number of likely N-dealkylation sites (tertiary alicyclic amines) is 1. The minimum Gasteiger partial charge on any atom is -0.435 e. The summed E-state index contributed by atoms with van der Waals surface area (Å²) in [5, 5.41) is 0. The maximum absolute atomic E-state index is 12.1. The van der Waals surface area contributed by atoms with E-state index in [0.717, 1.165) is 25.2 Å². The second-order valence-electron chi connectivity index (χ2n) is 5.66. The largest absolute Gasteiger partial charge is 0.435 e. The molecule has 21 heavy (non-hydrogen) atoms. The number of piperidine rings is 1. The molecule has 1 saturated heterocycles. The Bertz CT molecular complexity index is 405. The number of alkyl halides is 2. The van der Waals surface area contributed by atoms with Crippen LogP contribution in [0.25, 0.3) is 0 Å². The Hall–Kier alpha value is -1.20. The Morgan fingerprint density at radius 1 is 1.14 bits per heavy atom. The van der Waals surface area contributed by atoms with E-state index in [1.807, 2.05) is 12.1 Å². The van der Waals surface area contributed by atoms with Crippen LogP contribution < -0.4 is 4.74 Å². The fourth-order valence-corrected chi connectivity index (χ4v) is 2.66. The van der Waals surface area contributed by atoms with E-state index in [9.17, 15) is 8.78 Å². The van der Waals surface area contributed by atoms with Crippen molar-refractivity contribution in [2.75, 3.05) is 33.2 Å². The maximum atomic E-state index is 12.1. The van der Waals surface area contributed by atoms with Gasteiger partial charge in [-0.15, -0.1) is 0 Å². The zero-order valence-electron chi connectivity index (χ0n) is 12.6. The third-order valence-corrected chi connectivity index (χ3v) is 3.85. The van der Waals surface area contributed by atoms with Gasteiger partial charge in [-0.2, -0.15) is 8.78 Å². The van der Waals surface area contributed by atoms with Crippen LogP contribution in [0.2, 0.25) is 0 Å². The van der Waals surface area contributed by atoms with Crippen molar-refractivity contribution < 1.29 is 13.5 Å². The second kappa shape index (κ2) is 8.29. The molecule has 3 nitrogen and oxygen atoms in total. The minimum absolute atomic E-state index is 0.213. The van der Waals surface area contributed by atoms with E-state index in [0.29, 0.717) is 0 Å². The van der Waals surface area contributed by atoms with Gasteiger partial charge in [0.15, 0.2) is 0 Å². The van der Waals surface area contributed by atoms with Crippen LogP contribution >= 0.6 is 0 Å². The summed E-state index contributed by atoms with van der Waals surface area (Å²) in [6, 6.07) is 6.88. The van der Waals surface area contributed by atoms with E-state index in [2.05, 4.69) is 21.6 Å². The topological polar surface area (TPSA) is 15.7 Å². The van der Waals surface area contributed by atoms with Crippen LogP contribution in [0, 0.1) is 0 Å². The van der Waals surface area contributed by atoms with Gasteiger partial charge in [-0.3, -0.25) is 0 Å². The highest BCUT2D eigenvalue weighted by Crippen LogP contribution is 2.16. The van der Waals surface area contributed by atoms with Gasteiger partial charge in [0, 0.05) is 19.6 Å². The molecule has 0 amide bonds. The van der Waals surface area contributed by atoms with Gasteiger partial charge in [0.2, 0.25) is 0 Å². The summed E-state index contributed by atoms with van der Waals surface area (Å²) in [7, 11) is 2.09. The second-order valence-corrected chi connectivity index (χ2v) is 5.66. The number of rotatable bonds is 7. The van der Waals surface area contributed by atoms with E-state index < -0.39 is 6.61 Å². The number of benzene rings is 1. The van der Waals surface area contributed by atoms with Gasteiger partial charge in [-0.1, -0.05) is 18.6 Å². The number of hydrogen-bond acceptors (Lipinski definition) is 3. The quantitative estimate of drug-likeness (QED) is 0.769. The number of ether oxygens (including phenoxy) is 1. The Morgan fingerprint density at radius 3 is 2.43 bits per heavy atom. The van der Waals surface area contributed by atoms with Crippen molar-refractivity contribution >= 4 is 0 Å². The molecule has 0 radical (unpaired) electrons. The summed E-state index contributed by atoms with van der Waals surface area (Å²) in [6.07, 6.45) is 3.99. The van der Waals surface area contributed by atoms with Gasteiger partial charge < -0.3 is 14.5 Å². The van der Waals surface area contributed by atoms with E-state index in [-0.39, 0.29) is 5.75 Å². The molecule has 0 saturated carbocycles. The first-order chi connectivity index (χ1) is 10.1. The van der Waals surface area contributed by atoms with Crippen LogP contribution in [0.3, 0.4) is 0 Å². The number of hydrogen-bond donors (Lipinski definition) is 0. The molecule has 1 aromatic carbocycles. The molecule has 0 aliphatic carbocycles. The first kappa shape index (κ1) is 16.2. The average Bonchev–Trinajstić information content (AvgIpc) is 2.48. The van der Waals surface area contributed by atoms with Crippen LogP contribution in [-0.2, 0) is 6.54 Å². The van der Waals surface area contributed by atoms with Crippen molar-refractivity contribution in [1.82, 2.24) is 9.80 Å². The first-order valence-electron chi connectivity index (χ1n) is 7.58. The Balaban J connectivity index is 1.72. The lowest BCUT2D eigenvalue weighted by Gasteiger charge is -2.28. The molecule has 5 heteroatoms. The molecule has 0 aromatic heterocycles. The molecule has 0 unspecified atom stereocenters. The summed E-state index contributed by atoms with van der Waals surface area (Å²) in [5.74, 6) is 0.213. The Kier molecular flexibility index (Phi) is 6.39. The average molecular weight is 298 g/mol. The van der Waals surface area contributed by atoms with Crippen LogP contribution in [0.5, 0.6) is 5.75 Å². The van der Waals surface area contributed by atoms with Crippen molar-refractivity contribution in [3.63, 3.8) is 0 Å². The summed E-state index contributed by atoms with van der Waals surface area (Å²) in [6.45, 7) is 2.62. The molecule has 1 aromatic rings. The van der Waals surface area contributed by atoms with Crippen molar-refractivity contribution in [3.8, 4) is 5.75 Å². The first-order valence-corrected chi connectivity index (χ1v) is 7.58. The zero-order chi connectivity index (χ0) is 15.1. The lowest BCUT2D eigenvalue weighted by atomic mass is 10.1. The van der Waals surface area contributed by atoms with Crippen molar-refractivity contribution in [2.24, 2.45) is 0 Å². The van der Waals surface area contributed by atoms with Gasteiger partial charge in [0.1, 0.15) is 5.75 Å². The smallest absolute Gasteiger partial charge is 0.387 e. The van der Waals surface area contributed by atoms with Crippen molar-refractivity contribution in [3.05, 3.63) is 29.8 Å². The fraction of sp³-hybridized carbons (Fsp3) is 0.625. The molecule has 0 spiro atoms. The van der Waals surface area contributed by atoms with E-state index in [1.165, 1.54) is 32.4 Å². The Labute approximate surface area is 125 Å². The van der Waals surface area contributed by atoms with Crippen LogP contribution in [0.15, 0.2) is 24.3 Å². The molecule has 118 valence electrons. The minimum atomic E-state index is -2.76. The third-order valence-electron chi connectivity index (χ3n) is 3.85. The molecular weight excluding hydrogens is 274 g/mol. The molecule has 0 atom stereocenters. The predicted molar refractivity (Wildman–Crippen MR) is 79.7 cm³/mol. The third kappa shape index (κ3) is 5.98. The lowest BCUT2D eigenvalue weighted by molar-refractivity contribution is -0.0498. The molecular formula is C16H24F2N2O. The van der Waals surface area contributed by atoms with Crippen LogP contribution in [-0.4, -0.2) is 49.6 Å². The summed E-state index contributed by atoms with van der Waals surface area (Å²) < 4.78 is 28.5. The van der Waals surface area contributed by atoms with Gasteiger partial charge >= 0.3 is 6.61 Å². The normalized spacial score (nSPS) is 16.6. The highest BCUT2D eigenvalue weighted by Gasteiger charge is 2.11. The monoisotopic (exact) mass is 298 g/mol. The van der Waals surface area contributed by atoms with E-state index >= 15 is 0 Å². The van der Waals surface area contributed by atoms with Gasteiger partial charge in [0.05, 0.1) is 0 Å². The standard InChI is InChI=1S/C16H24F2N2O/c1-19(11-12-20-9-3-2-4-10-20)13-14-5-7-15(8-6-14)21-16(17)18/h5-8,16H,2-4,9-13H2,1H3. The predicted octanol–water partition coefficient (Wildman–Crippen LogP) is 3.21. The van der Waals surface area contributed by atoms with Crippen molar-refractivity contribution in [2.45, 2.75) is 32.4 Å². The van der Waals surface area contributed by atoms with Gasteiger partial charge in [0.25, 0.3) is 0 Å². The molecule has 2 rings (SSSR count). The zero-order valence-corrected chi connectivity index (χ0v) is 12.6. The maximum Gasteiger partial charge on any atom is 0.387 e. The SMILES string of the molecule is CN(CCN1CCCCC1)Cc1ccc(OC(F)F)cc1. The molecule has 0 bridgehead atoms. The van der Waals surface area contributed by atoms with Crippen LogP contribution in [0.1, 0.15) is 24.8 Å². The molecule has 1 heterocycles. The summed E-state index contributed by atoms with van der Waals surface area (Å²) >= 11 is 0. The molecule has 0 N–H and O–H groups in total. The molecule has 1 fully saturated rings. The number of halogens is 2. The lowest BCUT2D eigenvalue weighted by Crippen LogP contribution is -2.36. The Morgan fingerprint density at radius 2 is 1.81 bits per heavy atom. The van der Waals surface area contributed by atoms with Crippen molar-refractivity contribution in [1.29, 1.82) is 0 Å². The molecule has 1 aliphatic rings. The molecule has 1 aliphatic heterocycles. The van der Waals surface area contributed by atoms with Gasteiger partial charge in [-0.25, -0.2) is 0 Å². The van der Waals surface area contributed by atoms with Crippen LogP contribution in [0.4, 0.5) is 8.78 Å². The fourth-order valence-electron chi connectivity index (χ4n) is 2.66. The van der Waals surface area contributed by atoms with E-state index in [1.54, 1.807) is 12.1 Å². The number of likely N-dealkylation sites (N-methyl/N-ethyl adjacent to an activating group) is 1. The summed E-state index contributed by atoms with van der Waals surface area (Å²) in [5.41, 5.74) is 1.11. The van der Waals surface area contributed by atoms with E-state index in [4.69, 9.17) is 0 Å². The summed E-state index contributed by atoms with van der Waals surface area (Å²) in [4.78, 5) is 4.77.